The molecule has 7 nitrogen and oxygen atoms in total. The first-order valence-electron chi connectivity index (χ1n) is 7.91. The molecule has 1 N–H and O–H groups in total. The fourth-order valence-corrected chi connectivity index (χ4v) is 4.66. The highest BCUT2D eigenvalue weighted by Gasteiger charge is 2.33. The molecule has 0 spiro atoms. The van der Waals surface area contributed by atoms with Crippen molar-refractivity contribution in [1.82, 2.24) is 13.9 Å². The lowest BCUT2D eigenvalue weighted by atomic mass is 9.97. The van der Waals surface area contributed by atoms with E-state index in [2.05, 4.69) is 26.2 Å². The summed E-state index contributed by atoms with van der Waals surface area (Å²) in [5, 5.41) is 2.94. The summed E-state index contributed by atoms with van der Waals surface area (Å²) in [6.45, 7) is 0.630. The molecule has 25 heavy (non-hydrogen) atoms. The highest BCUT2D eigenvalue weighted by molar-refractivity contribution is 9.10. The lowest BCUT2D eigenvalue weighted by Crippen LogP contribution is -2.41. The van der Waals surface area contributed by atoms with Gasteiger partial charge in [0.25, 0.3) is 10.0 Å². The number of rotatable bonds is 4. The number of halogens is 1. The lowest BCUT2D eigenvalue weighted by Gasteiger charge is -2.29. The van der Waals surface area contributed by atoms with Crippen LogP contribution >= 0.6 is 15.9 Å². The first-order chi connectivity index (χ1) is 11.9. The highest BCUT2D eigenvalue weighted by atomic mass is 79.9. The van der Waals surface area contributed by atoms with Crippen molar-refractivity contribution in [3.8, 4) is 0 Å². The van der Waals surface area contributed by atoms with E-state index in [9.17, 15) is 13.2 Å². The van der Waals surface area contributed by atoms with Crippen molar-refractivity contribution in [3.05, 3.63) is 41.3 Å². The number of benzene rings is 1. The molecule has 3 rings (SSSR count). The summed E-state index contributed by atoms with van der Waals surface area (Å²) in [6, 6.07) is 7.39. The average Bonchev–Trinajstić information content (AvgIpc) is 3.02. The topological polar surface area (TPSA) is 84.3 Å². The fraction of sp³-hybridized carbons (Fsp3) is 0.375. The molecule has 0 saturated carbocycles. The number of nitrogens with one attached hydrogen (secondary N) is 1. The molecular formula is C16H19BrN4O3S. The maximum atomic E-state index is 12.5. The number of sulfonamides is 1. The zero-order valence-corrected chi connectivity index (χ0v) is 16.1. The number of aryl methyl sites for hydroxylation is 1. The van der Waals surface area contributed by atoms with Gasteiger partial charge in [-0.25, -0.2) is 13.4 Å². The Morgan fingerprint density at radius 3 is 2.64 bits per heavy atom. The molecule has 0 atom stereocenters. The van der Waals surface area contributed by atoms with E-state index in [0.717, 1.165) is 10.2 Å². The Bertz CT molecular complexity index is 873. The van der Waals surface area contributed by atoms with Crippen LogP contribution in [0.1, 0.15) is 12.8 Å². The highest BCUT2D eigenvalue weighted by Crippen LogP contribution is 2.24. The molecule has 1 fully saturated rings. The fourth-order valence-electron chi connectivity index (χ4n) is 2.82. The molecular weight excluding hydrogens is 408 g/mol. The van der Waals surface area contributed by atoms with Crippen molar-refractivity contribution in [2.45, 2.75) is 17.9 Å². The molecule has 1 saturated heterocycles. The van der Waals surface area contributed by atoms with Crippen LogP contribution in [0, 0.1) is 5.92 Å². The van der Waals surface area contributed by atoms with Gasteiger partial charge < -0.3 is 9.88 Å². The van der Waals surface area contributed by atoms with Crippen molar-refractivity contribution in [3.63, 3.8) is 0 Å². The largest absolute Gasteiger partial charge is 0.339 e. The van der Waals surface area contributed by atoms with Crippen LogP contribution in [-0.4, -0.2) is 41.3 Å². The molecule has 0 bridgehead atoms. The van der Waals surface area contributed by atoms with Gasteiger partial charge in [0.1, 0.15) is 0 Å². The van der Waals surface area contributed by atoms with E-state index >= 15 is 0 Å². The summed E-state index contributed by atoms with van der Waals surface area (Å²) in [5.74, 6) is -0.276. The van der Waals surface area contributed by atoms with Crippen LogP contribution in [0.5, 0.6) is 0 Å². The van der Waals surface area contributed by atoms with E-state index in [1.165, 1.54) is 16.8 Å². The van der Waals surface area contributed by atoms with Crippen molar-refractivity contribution in [2.24, 2.45) is 13.0 Å². The van der Waals surface area contributed by atoms with Crippen LogP contribution in [-0.2, 0) is 21.9 Å². The molecule has 0 aliphatic carbocycles. The minimum absolute atomic E-state index is 0.0482. The number of piperidine rings is 1. The summed E-state index contributed by atoms with van der Waals surface area (Å²) in [4.78, 5) is 16.3. The molecule has 1 aliphatic rings. The standard InChI is InChI=1S/C16H19BrN4O3S/c1-20-10-15(18-11-20)25(23,24)21-7-5-12(6-8-21)16(22)19-14-4-2-3-13(17)9-14/h2-4,9-12H,5-8H2,1H3,(H,19,22). The predicted octanol–water partition coefficient (Wildman–Crippen LogP) is 2.22. The van der Waals surface area contributed by atoms with Gasteiger partial charge in [0.2, 0.25) is 5.91 Å². The average molecular weight is 427 g/mol. The van der Waals surface area contributed by atoms with Gasteiger partial charge in [-0.15, -0.1) is 0 Å². The Kier molecular flexibility index (Phi) is 5.26. The van der Waals surface area contributed by atoms with Crippen LogP contribution in [0.15, 0.2) is 46.3 Å². The number of carbonyl (C=O) groups is 1. The third-order valence-corrected chi connectivity index (χ3v) is 6.48. The van der Waals surface area contributed by atoms with Crippen LogP contribution in [0.25, 0.3) is 0 Å². The summed E-state index contributed by atoms with van der Waals surface area (Å²) >= 11 is 3.37. The molecule has 0 radical (unpaired) electrons. The number of anilines is 1. The number of imidazole rings is 1. The van der Waals surface area contributed by atoms with Crippen LogP contribution < -0.4 is 5.32 Å². The number of aromatic nitrogens is 2. The van der Waals surface area contributed by atoms with Gasteiger partial charge in [0.15, 0.2) is 5.03 Å². The smallest absolute Gasteiger partial charge is 0.262 e. The van der Waals surface area contributed by atoms with Crippen LogP contribution in [0.3, 0.4) is 0 Å². The van der Waals surface area contributed by atoms with Crippen molar-refractivity contribution < 1.29 is 13.2 Å². The Morgan fingerprint density at radius 2 is 2.04 bits per heavy atom. The number of amides is 1. The number of carbonyl (C=O) groups excluding carboxylic acids is 1. The second-order valence-electron chi connectivity index (χ2n) is 6.06. The first-order valence-corrected chi connectivity index (χ1v) is 10.1. The van der Waals surface area contributed by atoms with Crippen molar-refractivity contribution >= 4 is 37.5 Å². The van der Waals surface area contributed by atoms with Gasteiger partial charge in [0, 0.05) is 42.4 Å². The second kappa shape index (κ2) is 7.27. The Balaban J connectivity index is 1.61. The van der Waals surface area contributed by atoms with E-state index < -0.39 is 10.0 Å². The molecule has 134 valence electrons. The van der Waals surface area contributed by atoms with Crippen molar-refractivity contribution in [1.29, 1.82) is 0 Å². The third kappa shape index (κ3) is 4.10. The molecule has 1 aromatic heterocycles. The second-order valence-corrected chi connectivity index (χ2v) is 8.86. The molecule has 0 unspecified atom stereocenters. The Labute approximate surface area is 155 Å². The predicted molar refractivity (Wildman–Crippen MR) is 97.5 cm³/mol. The monoisotopic (exact) mass is 426 g/mol. The lowest BCUT2D eigenvalue weighted by molar-refractivity contribution is -0.120. The molecule has 1 aliphatic heterocycles. The number of hydrogen-bond donors (Lipinski definition) is 1. The Hall–Kier alpha value is -1.71. The van der Waals surface area contributed by atoms with E-state index in [1.54, 1.807) is 11.6 Å². The van der Waals surface area contributed by atoms with Crippen molar-refractivity contribution in [2.75, 3.05) is 18.4 Å². The summed E-state index contributed by atoms with van der Waals surface area (Å²) in [7, 11) is -1.86. The summed E-state index contributed by atoms with van der Waals surface area (Å²) < 4.78 is 29.0. The Morgan fingerprint density at radius 1 is 1.32 bits per heavy atom. The summed E-state index contributed by atoms with van der Waals surface area (Å²) in [5.41, 5.74) is 0.725. The summed E-state index contributed by atoms with van der Waals surface area (Å²) in [6.07, 6.45) is 3.93. The van der Waals surface area contributed by atoms with Gasteiger partial charge >= 0.3 is 0 Å². The van der Waals surface area contributed by atoms with E-state index in [4.69, 9.17) is 0 Å². The number of nitrogens with zero attached hydrogens (tertiary/aromatic N) is 3. The normalized spacial score (nSPS) is 16.7. The molecule has 1 amide bonds. The van der Waals surface area contributed by atoms with E-state index in [1.807, 2.05) is 24.3 Å². The SMILES string of the molecule is Cn1cnc(S(=O)(=O)N2CCC(C(=O)Nc3cccc(Br)c3)CC2)c1. The van der Waals surface area contributed by atoms with Gasteiger partial charge in [-0.3, -0.25) is 4.79 Å². The van der Waals surface area contributed by atoms with Crippen LogP contribution in [0.2, 0.25) is 0 Å². The first kappa shape index (κ1) is 18.1. The van der Waals surface area contributed by atoms with E-state index in [0.29, 0.717) is 25.9 Å². The van der Waals surface area contributed by atoms with Gasteiger partial charge in [-0.1, -0.05) is 22.0 Å². The van der Waals surface area contributed by atoms with Gasteiger partial charge in [-0.05, 0) is 31.0 Å². The molecule has 2 aromatic rings. The van der Waals surface area contributed by atoms with E-state index in [-0.39, 0.29) is 16.9 Å². The molecule has 2 heterocycles. The maximum absolute atomic E-state index is 12.5. The molecule has 9 heteroatoms. The third-order valence-electron chi connectivity index (χ3n) is 4.20. The number of hydrogen-bond acceptors (Lipinski definition) is 4. The zero-order chi connectivity index (χ0) is 18.0. The molecule has 1 aromatic carbocycles. The quantitative estimate of drug-likeness (QED) is 0.811. The van der Waals surface area contributed by atoms with Gasteiger partial charge in [-0.2, -0.15) is 4.31 Å². The zero-order valence-electron chi connectivity index (χ0n) is 13.7. The van der Waals surface area contributed by atoms with Crippen LogP contribution in [0.4, 0.5) is 5.69 Å². The van der Waals surface area contributed by atoms with Gasteiger partial charge in [0.05, 0.1) is 6.33 Å². The minimum Gasteiger partial charge on any atom is -0.339 e. The minimum atomic E-state index is -3.59. The maximum Gasteiger partial charge on any atom is 0.262 e.